The van der Waals surface area contributed by atoms with Gasteiger partial charge in [-0.05, 0) is 30.4 Å². The van der Waals surface area contributed by atoms with Gasteiger partial charge in [-0.25, -0.2) is 0 Å². The summed E-state index contributed by atoms with van der Waals surface area (Å²) in [7, 11) is 1.67. The zero-order valence-electron chi connectivity index (χ0n) is 11.0. The fourth-order valence-electron chi connectivity index (χ4n) is 2.18. The molecular formula is C13H17N3O3. The molecule has 0 aromatic heterocycles. The Bertz CT molecular complexity index is 530. The molecule has 1 aromatic carbocycles. The van der Waals surface area contributed by atoms with Crippen LogP contribution in [0.25, 0.3) is 0 Å². The van der Waals surface area contributed by atoms with Crippen molar-refractivity contribution in [2.24, 2.45) is 11.8 Å². The molecule has 2 atom stereocenters. The van der Waals surface area contributed by atoms with E-state index in [1.807, 2.05) is 0 Å². The lowest BCUT2D eigenvalue weighted by atomic mass is 10.1. The van der Waals surface area contributed by atoms with Crippen LogP contribution in [0.15, 0.2) is 18.2 Å². The van der Waals surface area contributed by atoms with Crippen LogP contribution in [-0.2, 0) is 0 Å². The SMILES string of the molecule is CC1CC1CN(C)C(=O)c1cc(N)ccc1[N+](=O)[O-]. The highest BCUT2D eigenvalue weighted by Crippen LogP contribution is 2.38. The van der Waals surface area contributed by atoms with Gasteiger partial charge in [-0.15, -0.1) is 0 Å². The summed E-state index contributed by atoms with van der Waals surface area (Å²) in [5, 5.41) is 10.9. The van der Waals surface area contributed by atoms with Crippen molar-refractivity contribution in [2.75, 3.05) is 19.3 Å². The number of hydrogen-bond acceptors (Lipinski definition) is 4. The van der Waals surface area contributed by atoms with Crippen molar-refractivity contribution >= 4 is 17.3 Å². The molecule has 1 aliphatic rings. The Morgan fingerprint density at radius 3 is 2.74 bits per heavy atom. The molecule has 102 valence electrons. The first-order valence-electron chi connectivity index (χ1n) is 6.19. The maximum absolute atomic E-state index is 12.3. The van der Waals surface area contributed by atoms with E-state index in [-0.39, 0.29) is 17.2 Å². The second kappa shape index (κ2) is 4.87. The van der Waals surface area contributed by atoms with Crippen LogP contribution in [0, 0.1) is 22.0 Å². The molecule has 1 saturated carbocycles. The topological polar surface area (TPSA) is 89.5 Å². The maximum Gasteiger partial charge on any atom is 0.282 e. The molecule has 1 fully saturated rings. The van der Waals surface area contributed by atoms with E-state index in [9.17, 15) is 14.9 Å². The van der Waals surface area contributed by atoms with Crippen molar-refractivity contribution in [2.45, 2.75) is 13.3 Å². The lowest BCUT2D eigenvalue weighted by molar-refractivity contribution is -0.385. The van der Waals surface area contributed by atoms with Gasteiger partial charge in [-0.2, -0.15) is 0 Å². The molecule has 1 amide bonds. The minimum atomic E-state index is -0.555. The quantitative estimate of drug-likeness (QED) is 0.510. The van der Waals surface area contributed by atoms with Gasteiger partial charge < -0.3 is 10.6 Å². The first-order chi connectivity index (χ1) is 8.90. The Morgan fingerprint density at radius 1 is 1.58 bits per heavy atom. The fraction of sp³-hybridized carbons (Fsp3) is 0.462. The molecule has 0 aliphatic heterocycles. The van der Waals surface area contributed by atoms with Crippen LogP contribution in [0.1, 0.15) is 23.7 Å². The summed E-state index contributed by atoms with van der Waals surface area (Å²) in [6.45, 7) is 2.76. The molecule has 2 rings (SSSR count). The normalized spacial score (nSPS) is 20.9. The molecule has 1 aliphatic carbocycles. The van der Waals surface area contributed by atoms with E-state index in [1.165, 1.54) is 23.1 Å². The van der Waals surface area contributed by atoms with E-state index in [4.69, 9.17) is 5.73 Å². The minimum absolute atomic E-state index is 0.0563. The molecule has 0 saturated heterocycles. The lowest BCUT2D eigenvalue weighted by Gasteiger charge is -2.17. The molecule has 6 nitrogen and oxygen atoms in total. The van der Waals surface area contributed by atoms with Crippen LogP contribution in [0.2, 0.25) is 0 Å². The van der Waals surface area contributed by atoms with Gasteiger partial charge in [0, 0.05) is 25.3 Å². The van der Waals surface area contributed by atoms with E-state index in [2.05, 4.69) is 6.92 Å². The molecule has 2 N–H and O–H groups in total. The largest absolute Gasteiger partial charge is 0.399 e. The summed E-state index contributed by atoms with van der Waals surface area (Å²) in [6, 6.07) is 4.07. The number of rotatable bonds is 4. The molecule has 6 heteroatoms. The Balaban J connectivity index is 2.21. The van der Waals surface area contributed by atoms with Gasteiger partial charge in [0.1, 0.15) is 5.56 Å². The van der Waals surface area contributed by atoms with Crippen molar-refractivity contribution in [3.05, 3.63) is 33.9 Å². The van der Waals surface area contributed by atoms with Crippen molar-refractivity contribution < 1.29 is 9.72 Å². The summed E-state index contributed by atoms with van der Waals surface area (Å²) >= 11 is 0. The molecule has 0 spiro atoms. The zero-order chi connectivity index (χ0) is 14.2. The summed E-state index contributed by atoms with van der Waals surface area (Å²) in [4.78, 5) is 24.2. The number of carbonyl (C=O) groups excluding carboxylic acids is 1. The fourth-order valence-corrected chi connectivity index (χ4v) is 2.18. The lowest BCUT2D eigenvalue weighted by Crippen LogP contribution is -2.29. The molecule has 2 unspecified atom stereocenters. The number of nitrogen functional groups attached to an aromatic ring is 1. The standard InChI is InChI=1S/C13H17N3O3/c1-8-5-9(8)7-15(2)13(17)11-6-10(14)3-4-12(11)16(18)19/h3-4,6,8-9H,5,7,14H2,1-2H3. The van der Waals surface area contributed by atoms with Crippen molar-refractivity contribution in [3.8, 4) is 0 Å². The van der Waals surface area contributed by atoms with Gasteiger partial charge in [0.25, 0.3) is 11.6 Å². The first-order valence-corrected chi connectivity index (χ1v) is 6.19. The van der Waals surface area contributed by atoms with Crippen molar-refractivity contribution in [1.82, 2.24) is 4.90 Å². The van der Waals surface area contributed by atoms with Gasteiger partial charge in [0.05, 0.1) is 4.92 Å². The second-order valence-electron chi connectivity index (χ2n) is 5.19. The van der Waals surface area contributed by atoms with Crippen LogP contribution in [0.5, 0.6) is 0 Å². The third kappa shape index (κ3) is 2.83. The minimum Gasteiger partial charge on any atom is -0.399 e. The number of amides is 1. The molecule has 1 aromatic rings. The summed E-state index contributed by atoms with van der Waals surface area (Å²) in [5.74, 6) is 0.790. The number of carbonyl (C=O) groups is 1. The van der Waals surface area contributed by atoms with Gasteiger partial charge in [-0.1, -0.05) is 6.92 Å². The smallest absolute Gasteiger partial charge is 0.282 e. The van der Waals surface area contributed by atoms with Gasteiger partial charge in [-0.3, -0.25) is 14.9 Å². The van der Waals surface area contributed by atoms with E-state index in [0.29, 0.717) is 24.1 Å². The van der Waals surface area contributed by atoms with Crippen molar-refractivity contribution in [1.29, 1.82) is 0 Å². The Hall–Kier alpha value is -2.11. The molecule has 0 radical (unpaired) electrons. The van der Waals surface area contributed by atoms with Crippen LogP contribution < -0.4 is 5.73 Å². The predicted octanol–water partition coefficient (Wildman–Crippen LogP) is 1.91. The monoisotopic (exact) mass is 263 g/mol. The van der Waals surface area contributed by atoms with Crippen LogP contribution in [0.4, 0.5) is 11.4 Å². The molecule has 0 bridgehead atoms. The zero-order valence-corrected chi connectivity index (χ0v) is 11.0. The van der Waals surface area contributed by atoms with Gasteiger partial charge in [0.2, 0.25) is 0 Å². The van der Waals surface area contributed by atoms with Crippen LogP contribution in [-0.4, -0.2) is 29.3 Å². The van der Waals surface area contributed by atoms with Crippen LogP contribution >= 0.6 is 0 Å². The summed E-state index contributed by atoms with van der Waals surface area (Å²) in [5.41, 5.74) is 5.81. The van der Waals surface area contributed by atoms with E-state index in [1.54, 1.807) is 7.05 Å². The molecule has 0 heterocycles. The van der Waals surface area contributed by atoms with Gasteiger partial charge >= 0.3 is 0 Å². The number of nitro benzene ring substituents is 1. The number of nitrogens with zero attached hydrogens (tertiary/aromatic N) is 2. The van der Waals surface area contributed by atoms with Crippen molar-refractivity contribution in [3.63, 3.8) is 0 Å². The first kappa shape index (κ1) is 13.3. The maximum atomic E-state index is 12.3. The number of anilines is 1. The summed E-state index contributed by atoms with van der Waals surface area (Å²) in [6.07, 6.45) is 1.11. The van der Waals surface area contributed by atoms with E-state index in [0.717, 1.165) is 6.42 Å². The Labute approximate surface area is 111 Å². The van der Waals surface area contributed by atoms with Crippen LogP contribution in [0.3, 0.4) is 0 Å². The van der Waals surface area contributed by atoms with Gasteiger partial charge in [0.15, 0.2) is 0 Å². The number of nitro groups is 1. The third-order valence-electron chi connectivity index (χ3n) is 3.58. The predicted molar refractivity (Wildman–Crippen MR) is 71.7 cm³/mol. The Morgan fingerprint density at radius 2 is 2.21 bits per heavy atom. The number of hydrogen-bond donors (Lipinski definition) is 1. The number of nitrogens with two attached hydrogens (primary N) is 1. The average Bonchev–Trinajstić information content (AvgIpc) is 3.03. The highest BCUT2D eigenvalue weighted by molar-refractivity contribution is 5.98. The third-order valence-corrected chi connectivity index (χ3v) is 3.58. The summed E-state index contributed by atoms with van der Waals surface area (Å²) < 4.78 is 0. The number of benzene rings is 1. The molecular weight excluding hydrogens is 246 g/mol. The highest BCUT2D eigenvalue weighted by atomic mass is 16.6. The second-order valence-corrected chi connectivity index (χ2v) is 5.19. The van der Waals surface area contributed by atoms with E-state index < -0.39 is 4.92 Å². The Kier molecular flexibility index (Phi) is 3.42. The van der Waals surface area contributed by atoms with E-state index >= 15 is 0 Å². The molecule has 19 heavy (non-hydrogen) atoms. The average molecular weight is 263 g/mol. The highest BCUT2D eigenvalue weighted by Gasteiger charge is 2.35.